The molecule has 2 rings (SSSR count). The second-order valence-corrected chi connectivity index (χ2v) is 5.67. The summed E-state index contributed by atoms with van der Waals surface area (Å²) in [6.45, 7) is 4.50. The number of nitro benzene ring substituents is 1. The van der Waals surface area contributed by atoms with Crippen molar-refractivity contribution < 1.29 is 19.2 Å². The molecule has 0 unspecified atom stereocenters. The van der Waals surface area contributed by atoms with Gasteiger partial charge in [-0.2, -0.15) is 0 Å². The van der Waals surface area contributed by atoms with Crippen LogP contribution in [0.3, 0.4) is 0 Å². The van der Waals surface area contributed by atoms with Gasteiger partial charge in [0.05, 0.1) is 10.6 Å². The van der Waals surface area contributed by atoms with Crippen molar-refractivity contribution in [2.24, 2.45) is 0 Å². The molecular weight excluding hydrogens is 338 g/mol. The molecule has 8 heteroatoms. The number of hydrogen-bond donors (Lipinski definition) is 2. The van der Waals surface area contributed by atoms with E-state index in [1.807, 2.05) is 0 Å². The molecule has 0 aliphatic rings. The molecule has 0 atom stereocenters. The highest BCUT2D eigenvalue weighted by Crippen LogP contribution is 2.30. The molecule has 136 valence electrons. The number of rotatable bonds is 6. The van der Waals surface area contributed by atoms with Crippen LogP contribution < -0.4 is 15.4 Å². The number of ether oxygens (including phenoxy) is 1. The summed E-state index contributed by atoms with van der Waals surface area (Å²) in [6.07, 6.45) is 0. The van der Waals surface area contributed by atoms with Crippen LogP contribution in [0.5, 0.6) is 5.75 Å². The number of benzene rings is 2. The van der Waals surface area contributed by atoms with Crippen LogP contribution in [-0.4, -0.2) is 23.3 Å². The number of nitro groups is 1. The van der Waals surface area contributed by atoms with Gasteiger partial charge in [-0.05, 0) is 37.1 Å². The fourth-order valence-electron chi connectivity index (χ4n) is 2.32. The summed E-state index contributed by atoms with van der Waals surface area (Å²) in [5.41, 5.74) is 1.85. The number of carbonyl (C=O) groups excluding carboxylic acids is 2. The molecule has 0 aromatic heterocycles. The fourth-order valence-corrected chi connectivity index (χ4v) is 2.32. The van der Waals surface area contributed by atoms with Gasteiger partial charge in [-0.15, -0.1) is 0 Å². The topological polar surface area (TPSA) is 111 Å². The third-order valence-corrected chi connectivity index (χ3v) is 3.73. The first-order chi connectivity index (χ1) is 12.3. The van der Waals surface area contributed by atoms with E-state index in [1.165, 1.54) is 13.0 Å². The molecule has 8 nitrogen and oxygen atoms in total. The summed E-state index contributed by atoms with van der Waals surface area (Å²) in [7, 11) is 0. The van der Waals surface area contributed by atoms with E-state index >= 15 is 0 Å². The number of aryl methyl sites for hydroxylation is 1. The normalized spacial score (nSPS) is 10.1. The minimum absolute atomic E-state index is 0.152. The van der Waals surface area contributed by atoms with Gasteiger partial charge in [-0.3, -0.25) is 19.7 Å². The summed E-state index contributed by atoms with van der Waals surface area (Å²) < 4.78 is 5.45. The average molecular weight is 357 g/mol. The highest BCUT2D eigenvalue weighted by atomic mass is 16.6. The van der Waals surface area contributed by atoms with Gasteiger partial charge in [0.15, 0.2) is 6.61 Å². The molecule has 26 heavy (non-hydrogen) atoms. The number of carbonyl (C=O) groups is 2. The molecule has 0 saturated heterocycles. The van der Waals surface area contributed by atoms with Gasteiger partial charge in [-0.25, -0.2) is 0 Å². The van der Waals surface area contributed by atoms with Crippen LogP contribution in [0.2, 0.25) is 0 Å². The molecule has 0 radical (unpaired) electrons. The Labute approximate surface area is 150 Å². The Morgan fingerprint density at radius 3 is 2.46 bits per heavy atom. The van der Waals surface area contributed by atoms with E-state index in [1.54, 1.807) is 44.2 Å². The SMILES string of the molecule is CC(=O)Nc1ccccc1OCC(=O)Nc1c([N+](=O)[O-])ccc(C)c1C. The van der Waals surface area contributed by atoms with Gasteiger partial charge in [-0.1, -0.05) is 18.2 Å². The smallest absolute Gasteiger partial charge is 0.293 e. The molecule has 2 aromatic carbocycles. The van der Waals surface area contributed by atoms with Gasteiger partial charge in [0.1, 0.15) is 11.4 Å². The zero-order valence-corrected chi connectivity index (χ0v) is 14.7. The van der Waals surface area contributed by atoms with Crippen LogP contribution in [0.15, 0.2) is 36.4 Å². The van der Waals surface area contributed by atoms with Crippen molar-refractivity contribution in [3.8, 4) is 5.75 Å². The maximum absolute atomic E-state index is 12.2. The summed E-state index contributed by atoms with van der Waals surface area (Å²) in [4.78, 5) is 34.0. The highest BCUT2D eigenvalue weighted by Gasteiger charge is 2.19. The predicted octanol–water partition coefficient (Wildman–Crippen LogP) is 3.19. The van der Waals surface area contributed by atoms with E-state index in [0.717, 1.165) is 5.56 Å². The predicted molar refractivity (Wildman–Crippen MR) is 97.4 cm³/mol. The standard InChI is InChI=1S/C18H19N3O5/c1-11-8-9-15(21(24)25)18(12(11)2)20-17(23)10-26-16-7-5-4-6-14(16)19-13(3)22/h4-9H,10H2,1-3H3,(H,19,22)(H,20,23). The van der Waals surface area contributed by atoms with Crippen LogP contribution in [0, 0.1) is 24.0 Å². The van der Waals surface area contributed by atoms with Crippen LogP contribution in [0.25, 0.3) is 0 Å². The van der Waals surface area contributed by atoms with Crippen molar-refractivity contribution >= 4 is 28.9 Å². The summed E-state index contributed by atoms with van der Waals surface area (Å²) in [6, 6.07) is 9.66. The minimum Gasteiger partial charge on any atom is -0.482 e. The Morgan fingerprint density at radius 2 is 1.81 bits per heavy atom. The molecule has 2 amide bonds. The molecule has 0 fully saturated rings. The van der Waals surface area contributed by atoms with E-state index in [9.17, 15) is 19.7 Å². The molecular formula is C18H19N3O5. The summed E-state index contributed by atoms with van der Waals surface area (Å²) >= 11 is 0. The van der Waals surface area contributed by atoms with Gasteiger partial charge in [0.25, 0.3) is 11.6 Å². The van der Waals surface area contributed by atoms with Gasteiger partial charge in [0.2, 0.25) is 5.91 Å². The molecule has 0 bridgehead atoms. The average Bonchev–Trinajstić information content (AvgIpc) is 2.57. The van der Waals surface area contributed by atoms with E-state index < -0.39 is 10.8 Å². The number of para-hydroxylation sites is 2. The molecule has 0 aliphatic carbocycles. The fraction of sp³-hybridized carbons (Fsp3) is 0.222. The minimum atomic E-state index is -0.547. The zero-order chi connectivity index (χ0) is 19.3. The molecule has 0 spiro atoms. The van der Waals surface area contributed by atoms with Crippen molar-refractivity contribution in [1.82, 2.24) is 0 Å². The summed E-state index contributed by atoms with van der Waals surface area (Å²) in [5, 5.41) is 16.3. The first kappa shape index (κ1) is 18.9. The molecule has 0 aliphatic heterocycles. The van der Waals surface area contributed by atoms with Crippen LogP contribution >= 0.6 is 0 Å². The Balaban J connectivity index is 2.13. The van der Waals surface area contributed by atoms with Crippen LogP contribution in [0.1, 0.15) is 18.1 Å². The third kappa shape index (κ3) is 4.56. The monoisotopic (exact) mass is 357 g/mol. The Bertz CT molecular complexity index is 864. The first-order valence-electron chi connectivity index (χ1n) is 7.83. The van der Waals surface area contributed by atoms with E-state index in [0.29, 0.717) is 17.0 Å². The molecule has 0 saturated carbocycles. The zero-order valence-electron chi connectivity index (χ0n) is 14.7. The number of hydrogen-bond acceptors (Lipinski definition) is 5. The van der Waals surface area contributed by atoms with Crippen molar-refractivity contribution in [2.45, 2.75) is 20.8 Å². The van der Waals surface area contributed by atoms with Crippen molar-refractivity contribution in [3.63, 3.8) is 0 Å². The van der Waals surface area contributed by atoms with E-state index in [-0.39, 0.29) is 23.9 Å². The lowest BCUT2D eigenvalue weighted by atomic mass is 10.1. The van der Waals surface area contributed by atoms with Gasteiger partial charge >= 0.3 is 0 Å². The Morgan fingerprint density at radius 1 is 1.12 bits per heavy atom. The molecule has 0 heterocycles. The highest BCUT2D eigenvalue weighted by molar-refractivity contribution is 5.95. The lowest BCUT2D eigenvalue weighted by Crippen LogP contribution is -2.22. The van der Waals surface area contributed by atoms with Gasteiger partial charge in [0, 0.05) is 13.0 Å². The van der Waals surface area contributed by atoms with E-state index in [4.69, 9.17) is 4.74 Å². The largest absolute Gasteiger partial charge is 0.482 e. The first-order valence-corrected chi connectivity index (χ1v) is 7.83. The van der Waals surface area contributed by atoms with Gasteiger partial charge < -0.3 is 15.4 Å². The molecule has 2 N–H and O–H groups in total. The Kier molecular flexibility index (Phi) is 5.90. The maximum Gasteiger partial charge on any atom is 0.293 e. The second kappa shape index (κ2) is 8.11. The van der Waals surface area contributed by atoms with Crippen molar-refractivity contribution in [3.05, 3.63) is 57.6 Å². The second-order valence-electron chi connectivity index (χ2n) is 5.67. The number of anilines is 2. The lowest BCUT2D eigenvalue weighted by molar-refractivity contribution is -0.384. The lowest BCUT2D eigenvalue weighted by Gasteiger charge is -2.13. The third-order valence-electron chi connectivity index (χ3n) is 3.73. The van der Waals surface area contributed by atoms with E-state index in [2.05, 4.69) is 10.6 Å². The summed E-state index contributed by atoms with van der Waals surface area (Å²) in [5.74, 6) is -0.482. The number of nitrogens with one attached hydrogen (secondary N) is 2. The number of amides is 2. The Hall–Kier alpha value is -3.42. The van der Waals surface area contributed by atoms with Crippen LogP contribution in [0.4, 0.5) is 17.1 Å². The quantitative estimate of drug-likeness (QED) is 0.609. The van der Waals surface area contributed by atoms with Crippen molar-refractivity contribution in [1.29, 1.82) is 0 Å². The number of nitrogens with zero attached hydrogens (tertiary/aromatic N) is 1. The maximum atomic E-state index is 12.2. The van der Waals surface area contributed by atoms with Crippen molar-refractivity contribution in [2.75, 3.05) is 17.2 Å². The van der Waals surface area contributed by atoms with Crippen LogP contribution in [-0.2, 0) is 9.59 Å². The molecule has 2 aromatic rings.